The number of rotatable bonds is 3. The van der Waals surface area contributed by atoms with Crippen molar-refractivity contribution >= 4 is 0 Å². The molecule has 0 fully saturated rings. The summed E-state index contributed by atoms with van der Waals surface area (Å²) in [6.45, 7) is 0. The zero-order valence-electron chi connectivity index (χ0n) is 13.1. The Kier molecular flexibility index (Phi) is 3.98. The van der Waals surface area contributed by atoms with Crippen LogP contribution in [0.25, 0.3) is 11.1 Å². The van der Waals surface area contributed by atoms with Crippen molar-refractivity contribution in [3.8, 4) is 16.9 Å². The van der Waals surface area contributed by atoms with Crippen LogP contribution < -0.4 is 4.74 Å². The smallest absolute Gasteiger partial charge is 0.126 e. The average molecular weight is 281 g/mol. The van der Waals surface area contributed by atoms with E-state index in [0.717, 1.165) is 18.6 Å². The lowest BCUT2D eigenvalue weighted by molar-refractivity contribution is 0.268. The van der Waals surface area contributed by atoms with Crippen LogP contribution in [0.5, 0.6) is 5.75 Å². The number of likely N-dealkylation sites (N-methyl/N-ethyl adjacent to an activating group) is 1. The Hall–Kier alpha value is -1.80. The van der Waals surface area contributed by atoms with Gasteiger partial charge in [0.2, 0.25) is 0 Å². The Morgan fingerprint density at radius 2 is 1.76 bits per heavy atom. The fourth-order valence-corrected chi connectivity index (χ4v) is 3.35. The van der Waals surface area contributed by atoms with Gasteiger partial charge in [-0.05, 0) is 56.1 Å². The van der Waals surface area contributed by atoms with Crippen molar-refractivity contribution in [1.82, 2.24) is 4.90 Å². The van der Waals surface area contributed by atoms with Crippen LogP contribution in [0.3, 0.4) is 0 Å². The van der Waals surface area contributed by atoms with E-state index < -0.39 is 0 Å². The molecule has 21 heavy (non-hydrogen) atoms. The molecule has 1 aliphatic rings. The molecule has 0 N–H and O–H groups in total. The number of methoxy groups -OCH3 is 1. The fraction of sp³-hybridized carbons (Fsp3) is 0.368. The Balaban J connectivity index is 2.04. The third kappa shape index (κ3) is 2.68. The third-order valence-corrected chi connectivity index (χ3v) is 4.58. The van der Waals surface area contributed by atoms with Crippen LogP contribution in [0.15, 0.2) is 42.5 Å². The van der Waals surface area contributed by atoms with Crippen LogP contribution in [0, 0.1) is 0 Å². The molecule has 110 valence electrons. The summed E-state index contributed by atoms with van der Waals surface area (Å²) in [7, 11) is 6.11. The predicted octanol–water partition coefficient (Wildman–Crippen LogP) is 3.78. The highest BCUT2D eigenvalue weighted by atomic mass is 16.5. The Morgan fingerprint density at radius 3 is 2.52 bits per heavy atom. The average Bonchev–Trinajstić information content (AvgIpc) is 2.53. The van der Waals surface area contributed by atoms with Gasteiger partial charge >= 0.3 is 0 Å². The number of para-hydroxylation sites is 1. The molecule has 0 saturated heterocycles. The van der Waals surface area contributed by atoms with Gasteiger partial charge in [-0.15, -0.1) is 0 Å². The summed E-state index contributed by atoms with van der Waals surface area (Å²) >= 11 is 0. The first-order valence-corrected chi connectivity index (χ1v) is 7.61. The normalized spacial score (nSPS) is 17.6. The molecule has 3 rings (SSSR count). The minimum absolute atomic E-state index is 0.658. The molecule has 0 bridgehead atoms. The summed E-state index contributed by atoms with van der Waals surface area (Å²) in [6.07, 6.45) is 3.52. The van der Waals surface area contributed by atoms with Gasteiger partial charge < -0.3 is 9.64 Å². The molecule has 0 amide bonds. The lowest BCUT2D eigenvalue weighted by Crippen LogP contribution is -2.33. The van der Waals surface area contributed by atoms with Crippen LogP contribution in [0.2, 0.25) is 0 Å². The van der Waals surface area contributed by atoms with Crippen molar-refractivity contribution in [3.63, 3.8) is 0 Å². The zero-order chi connectivity index (χ0) is 14.8. The van der Waals surface area contributed by atoms with Crippen molar-refractivity contribution in [2.24, 2.45) is 0 Å². The van der Waals surface area contributed by atoms with Crippen molar-refractivity contribution in [2.45, 2.75) is 25.3 Å². The number of hydrogen-bond acceptors (Lipinski definition) is 2. The van der Waals surface area contributed by atoms with Crippen LogP contribution in [-0.2, 0) is 12.8 Å². The maximum atomic E-state index is 5.54. The van der Waals surface area contributed by atoms with E-state index in [-0.39, 0.29) is 0 Å². The van der Waals surface area contributed by atoms with Crippen molar-refractivity contribution in [3.05, 3.63) is 53.6 Å². The molecule has 2 aromatic carbocycles. The molecule has 0 aliphatic heterocycles. The van der Waals surface area contributed by atoms with Gasteiger partial charge in [0, 0.05) is 11.6 Å². The molecule has 1 unspecified atom stereocenters. The van der Waals surface area contributed by atoms with E-state index in [1.165, 1.54) is 28.7 Å². The highest BCUT2D eigenvalue weighted by molar-refractivity contribution is 5.74. The second kappa shape index (κ2) is 5.90. The molecular weight excluding hydrogens is 258 g/mol. The summed E-state index contributed by atoms with van der Waals surface area (Å²) in [6, 6.07) is 15.7. The molecule has 0 spiro atoms. The Bertz CT molecular complexity index is 633. The Morgan fingerprint density at radius 1 is 1.00 bits per heavy atom. The van der Waals surface area contributed by atoms with Gasteiger partial charge in [0.1, 0.15) is 5.75 Å². The topological polar surface area (TPSA) is 12.5 Å². The quantitative estimate of drug-likeness (QED) is 0.849. The first kappa shape index (κ1) is 14.2. The summed E-state index contributed by atoms with van der Waals surface area (Å²) in [5, 5.41) is 0. The van der Waals surface area contributed by atoms with Crippen LogP contribution in [-0.4, -0.2) is 32.1 Å². The molecule has 1 aliphatic carbocycles. The molecule has 2 nitrogen and oxygen atoms in total. The molecule has 1 atom stereocenters. The van der Waals surface area contributed by atoms with Gasteiger partial charge in [0.15, 0.2) is 0 Å². The van der Waals surface area contributed by atoms with E-state index in [0.29, 0.717) is 6.04 Å². The molecule has 2 aromatic rings. The van der Waals surface area contributed by atoms with Crippen LogP contribution in [0.1, 0.15) is 17.5 Å². The van der Waals surface area contributed by atoms with Gasteiger partial charge in [0.25, 0.3) is 0 Å². The van der Waals surface area contributed by atoms with E-state index in [1.807, 2.05) is 12.1 Å². The molecular formula is C19H23NO. The number of nitrogens with zero attached hydrogens (tertiary/aromatic N) is 1. The van der Waals surface area contributed by atoms with E-state index in [4.69, 9.17) is 4.74 Å². The number of benzene rings is 2. The molecule has 2 heteroatoms. The predicted molar refractivity (Wildman–Crippen MR) is 87.9 cm³/mol. The Labute approximate surface area is 127 Å². The third-order valence-electron chi connectivity index (χ3n) is 4.58. The summed E-state index contributed by atoms with van der Waals surface area (Å²) in [5.74, 6) is 0.959. The lowest BCUT2D eigenvalue weighted by Gasteiger charge is -2.31. The second-order valence-electron chi connectivity index (χ2n) is 6.00. The number of hydrogen-bond donors (Lipinski definition) is 0. The highest BCUT2D eigenvalue weighted by Gasteiger charge is 2.23. The standard InChI is InChI=1S/C19H23NO/c1-20(2)15-11-12-16-14(13-15)7-6-9-17(16)18-8-4-5-10-19(18)21-3/h4-10,15H,11-13H2,1-3H3. The van der Waals surface area contributed by atoms with Gasteiger partial charge in [-0.25, -0.2) is 0 Å². The molecule has 0 aromatic heterocycles. The van der Waals surface area contributed by atoms with Gasteiger partial charge in [0.05, 0.1) is 7.11 Å². The largest absolute Gasteiger partial charge is 0.496 e. The number of fused-ring (bicyclic) bond motifs is 1. The molecule has 0 radical (unpaired) electrons. The van der Waals surface area contributed by atoms with Crippen molar-refractivity contribution in [1.29, 1.82) is 0 Å². The summed E-state index contributed by atoms with van der Waals surface area (Å²) < 4.78 is 5.54. The maximum absolute atomic E-state index is 5.54. The van der Waals surface area contributed by atoms with E-state index in [2.05, 4.69) is 49.3 Å². The first-order valence-electron chi connectivity index (χ1n) is 7.61. The van der Waals surface area contributed by atoms with Crippen molar-refractivity contribution < 1.29 is 4.74 Å². The minimum atomic E-state index is 0.658. The zero-order valence-corrected chi connectivity index (χ0v) is 13.1. The van der Waals surface area contributed by atoms with Crippen LogP contribution >= 0.6 is 0 Å². The molecule has 0 heterocycles. The van der Waals surface area contributed by atoms with E-state index >= 15 is 0 Å². The van der Waals surface area contributed by atoms with Crippen molar-refractivity contribution in [2.75, 3.05) is 21.2 Å². The van der Waals surface area contributed by atoms with Crippen LogP contribution in [0.4, 0.5) is 0 Å². The van der Waals surface area contributed by atoms with Gasteiger partial charge in [-0.1, -0.05) is 36.4 Å². The van der Waals surface area contributed by atoms with E-state index in [1.54, 1.807) is 7.11 Å². The minimum Gasteiger partial charge on any atom is -0.496 e. The lowest BCUT2D eigenvalue weighted by atomic mass is 9.83. The first-order chi connectivity index (χ1) is 10.2. The number of ether oxygens (including phenoxy) is 1. The fourth-order valence-electron chi connectivity index (χ4n) is 3.35. The monoisotopic (exact) mass is 281 g/mol. The SMILES string of the molecule is COc1ccccc1-c1cccc2c1CCC(N(C)C)C2. The van der Waals surface area contributed by atoms with Gasteiger partial charge in [-0.3, -0.25) is 0 Å². The summed E-state index contributed by atoms with van der Waals surface area (Å²) in [5.41, 5.74) is 5.53. The van der Waals surface area contributed by atoms with Gasteiger partial charge in [-0.2, -0.15) is 0 Å². The van der Waals surface area contributed by atoms with E-state index in [9.17, 15) is 0 Å². The molecule has 0 saturated carbocycles. The highest BCUT2D eigenvalue weighted by Crippen LogP contribution is 2.36. The second-order valence-corrected chi connectivity index (χ2v) is 6.00. The maximum Gasteiger partial charge on any atom is 0.126 e. The summed E-state index contributed by atoms with van der Waals surface area (Å²) in [4.78, 5) is 2.35.